The zero-order chi connectivity index (χ0) is 24.5. The van der Waals surface area contributed by atoms with Gasteiger partial charge in [-0.3, -0.25) is 19.5 Å². The van der Waals surface area contributed by atoms with E-state index in [1.54, 1.807) is 12.1 Å². The van der Waals surface area contributed by atoms with Crippen LogP contribution < -0.4 is 10.5 Å². The molecule has 3 aromatic rings. The monoisotopic (exact) mass is 478 g/mol. The number of nitrogens with two attached hydrogens (primary N) is 1. The number of hydrogen-bond acceptors (Lipinski definition) is 3. The third-order valence-corrected chi connectivity index (χ3v) is 5.86. The van der Waals surface area contributed by atoms with Crippen LogP contribution in [0.25, 0.3) is 11.1 Å². The van der Waals surface area contributed by atoms with Gasteiger partial charge in [0.2, 0.25) is 5.91 Å². The van der Waals surface area contributed by atoms with Gasteiger partial charge in [0.1, 0.15) is 5.84 Å². The summed E-state index contributed by atoms with van der Waals surface area (Å²) in [4.78, 5) is 15.1. The van der Waals surface area contributed by atoms with E-state index < -0.39 is 11.3 Å². The molecule has 1 amide bonds. The number of hydrogen-bond donors (Lipinski definition) is 4. The van der Waals surface area contributed by atoms with Crippen LogP contribution in [-0.2, 0) is 29.0 Å². The van der Waals surface area contributed by atoms with Crippen molar-refractivity contribution in [2.45, 2.75) is 32.7 Å². The fourth-order valence-corrected chi connectivity index (χ4v) is 4.09. The first-order chi connectivity index (χ1) is 16.4. The molecular formula is C26H30N4O3S. The van der Waals surface area contributed by atoms with Crippen LogP contribution in [0.2, 0.25) is 0 Å². The highest BCUT2D eigenvalue weighted by Gasteiger charge is 2.16. The summed E-state index contributed by atoms with van der Waals surface area (Å²) in [6.07, 6.45) is 2.00. The number of amidine groups is 1. The molecule has 3 aromatic carbocycles. The molecule has 0 saturated heterocycles. The van der Waals surface area contributed by atoms with Crippen molar-refractivity contribution in [3.63, 3.8) is 0 Å². The summed E-state index contributed by atoms with van der Waals surface area (Å²) in [5.74, 6) is -0.0432. The Kier molecular flexibility index (Phi) is 8.95. The van der Waals surface area contributed by atoms with Gasteiger partial charge in [-0.2, -0.15) is 0 Å². The van der Waals surface area contributed by atoms with E-state index in [4.69, 9.17) is 11.1 Å². The summed E-state index contributed by atoms with van der Waals surface area (Å²) >= 11 is -2.24. The molecule has 0 aliphatic heterocycles. The fourth-order valence-electron chi connectivity index (χ4n) is 3.73. The molecule has 0 saturated carbocycles. The van der Waals surface area contributed by atoms with Gasteiger partial charge in [0, 0.05) is 24.2 Å². The molecule has 8 heteroatoms. The molecule has 0 radical (unpaired) electrons. The molecule has 7 nitrogen and oxygen atoms in total. The lowest BCUT2D eigenvalue weighted by Crippen LogP contribution is -2.33. The molecule has 0 aromatic heterocycles. The maximum atomic E-state index is 13.3. The third kappa shape index (κ3) is 7.00. The van der Waals surface area contributed by atoms with E-state index in [0.29, 0.717) is 24.3 Å². The van der Waals surface area contributed by atoms with Crippen molar-refractivity contribution < 1.29 is 13.6 Å². The molecule has 1 atom stereocenters. The summed E-state index contributed by atoms with van der Waals surface area (Å²) in [6.45, 7) is 3.12. The van der Waals surface area contributed by atoms with Crippen LogP contribution in [0.1, 0.15) is 36.5 Å². The van der Waals surface area contributed by atoms with Gasteiger partial charge in [-0.25, -0.2) is 4.21 Å². The van der Waals surface area contributed by atoms with Crippen LogP contribution in [0, 0.1) is 5.41 Å². The molecule has 178 valence electrons. The second-order valence-electron chi connectivity index (χ2n) is 8.06. The second-order valence-corrected chi connectivity index (χ2v) is 8.76. The summed E-state index contributed by atoms with van der Waals surface area (Å²) in [7, 11) is 0. The van der Waals surface area contributed by atoms with Crippen molar-refractivity contribution >= 4 is 28.7 Å². The fraction of sp³-hybridized carbons (Fsp3) is 0.231. The van der Waals surface area contributed by atoms with Gasteiger partial charge in [0.05, 0.1) is 12.1 Å². The lowest BCUT2D eigenvalue weighted by molar-refractivity contribution is -0.131. The Balaban J connectivity index is 1.83. The molecule has 0 aliphatic carbocycles. The maximum absolute atomic E-state index is 13.3. The first-order valence-electron chi connectivity index (χ1n) is 11.1. The van der Waals surface area contributed by atoms with Gasteiger partial charge in [0.15, 0.2) is 0 Å². The van der Waals surface area contributed by atoms with Crippen LogP contribution in [0.5, 0.6) is 0 Å². The highest BCUT2D eigenvalue weighted by atomic mass is 32.2. The van der Waals surface area contributed by atoms with E-state index >= 15 is 0 Å². The van der Waals surface area contributed by atoms with Crippen molar-refractivity contribution in [3.05, 3.63) is 89.5 Å². The van der Waals surface area contributed by atoms with Gasteiger partial charge in [-0.1, -0.05) is 74.0 Å². The number of benzene rings is 3. The predicted octanol–water partition coefficient (Wildman–Crippen LogP) is 4.56. The average molecular weight is 479 g/mol. The zero-order valence-electron chi connectivity index (χ0n) is 19.2. The summed E-state index contributed by atoms with van der Waals surface area (Å²) < 4.78 is 23.5. The van der Waals surface area contributed by atoms with E-state index in [-0.39, 0.29) is 18.2 Å². The SMILES string of the molecule is CCCCN(Cc1cccc(C(=N)N)c1)C(=O)Cc1ccc(-c2ccccc2)c(NS(=O)O)c1. The van der Waals surface area contributed by atoms with Crippen molar-refractivity contribution in [1.82, 2.24) is 4.90 Å². The first-order valence-corrected chi connectivity index (χ1v) is 12.2. The number of unbranched alkanes of at least 4 members (excludes halogenated alkanes) is 1. The number of carbonyl (C=O) groups excluding carboxylic acids is 1. The van der Waals surface area contributed by atoms with E-state index in [9.17, 15) is 13.6 Å². The largest absolute Gasteiger partial charge is 0.384 e. The standard InChI is InChI=1S/C26H30N4O3S/c1-2-3-14-30(18-20-8-7-11-22(15-20)26(27)28)25(31)17-19-12-13-23(21-9-5-4-6-10-21)24(16-19)29-34(32)33/h4-13,15-16,29H,2-3,14,17-18H2,1H3,(H3,27,28)(H,32,33). The van der Waals surface area contributed by atoms with E-state index in [1.165, 1.54) is 0 Å². The Labute approximate surface area is 202 Å². The number of nitrogen functional groups attached to an aromatic ring is 1. The maximum Gasteiger partial charge on any atom is 0.259 e. The molecule has 0 aliphatic rings. The van der Waals surface area contributed by atoms with Crippen molar-refractivity contribution in [3.8, 4) is 11.1 Å². The average Bonchev–Trinajstić information content (AvgIpc) is 2.82. The molecule has 34 heavy (non-hydrogen) atoms. The van der Waals surface area contributed by atoms with E-state index in [2.05, 4.69) is 11.6 Å². The second kappa shape index (κ2) is 12.1. The minimum atomic E-state index is -2.24. The molecule has 0 fully saturated rings. The molecule has 0 spiro atoms. The van der Waals surface area contributed by atoms with Crippen LogP contribution in [-0.4, -0.2) is 31.9 Å². The number of amides is 1. The summed E-state index contributed by atoms with van der Waals surface area (Å²) in [5, 5.41) is 7.66. The quantitative estimate of drug-likeness (QED) is 0.183. The Morgan fingerprint density at radius 3 is 2.50 bits per heavy atom. The lowest BCUT2D eigenvalue weighted by Gasteiger charge is -2.23. The summed E-state index contributed by atoms with van der Waals surface area (Å²) in [5.41, 5.74) is 10.1. The van der Waals surface area contributed by atoms with Gasteiger partial charge in [-0.05, 0) is 35.2 Å². The number of nitrogens with one attached hydrogen (secondary N) is 2. The Morgan fingerprint density at radius 2 is 1.82 bits per heavy atom. The molecule has 0 bridgehead atoms. The van der Waals surface area contributed by atoms with Crippen molar-refractivity contribution in [2.24, 2.45) is 5.73 Å². The van der Waals surface area contributed by atoms with E-state index in [0.717, 1.165) is 35.1 Å². The highest BCUT2D eigenvalue weighted by Crippen LogP contribution is 2.29. The third-order valence-electron chi connectivity index (χ3n) is 5.47. The Bertz CT molecular complexity index is 1170. The minimum Gasteiger partial charge on any atom is -0.384 e. The lowest BCUT2D eigenvalue weighted by atomic mass is 10.0. The number of rotatable bonds is 11. The van der Waals surface area contributed by atoms with Gasteiger partial charge in [-0.15, -0.1) is 0 Å². The molecule has 5 N–H and O–H groups in total. The first kappa shape index (κ1) is 25.1. The molecule has 0 heterocycles. The zero-order valence-corrected chi connectivity index (χ0v) is 20.0. The highest BCUT2D eigenvalue weighted by molar-refractivity contribution is 7.80. The number of nitrogens with zero attached hydrogens (tertiary/aromatic N) is 1. The van der Waals surface area contributed by atoms with Crippen LogP contribution in [0.3, 0.4) is 0 Å². The Hall–Kier alpha value is -3.49. The normalized spacial score (nSPS) is 11.6. The number of anilines is 1. The van der Waals surface area contributed by atoms with Crippen LogP contribution in [0.15, 0.2) is 72.8 Å². The van der Waals surface area contributed by atoms with Gasteiger partial charge in [0.25, 0.3) is 11.3 Å². The topological polar surface area (TPSA) is 120 Å². The number of carbonyl (C=O) groups is 1. The van der Waals surface area contributed by atoms with Crippen molar-refractivity contribution in [2.75, 3.05) is 11.3 Å². The smallest absolute Gasteiger partial charge is 0.259 e. The summed E-state index contributed by atoms with van der Waals surface area (Å²) in [6, 6.07) is 22.4. The van der Waals surface area contributed by atoms with E-state index in [1.807, 2.05) is 65.6 Å². The van der Waals surface area contributed by atoms with Crippen molar-refractivity contribution in [1.29, 1.82) is 5.41 Å². The van der Waals surface area contributed by atoms with Gasteiger partial charge < -0.3 is 10.6 Å². The molecule has 1 unspecified atom stereocenters. The van der Waals surface area contributed by atoms with Gasteiger partial charge >= 0.3 is 0 Å². The Morgan fingerprint density at radius 1 is 1.06 bits per heavy atom. The predicted molar refractivity (Wildman–Crippen MR) is 138 cm³/mol. The molecular weight excluding hydrogens is 448 g/mol. The molecule has 3 rings (SSSR count). The minimum absolute atomic E-state index is 0.00640. The van der Waals surface area contributed by atoms with Crippen LogP contribution in [0.4, 0.5) is 5.69 Å². The van der Waals surface area contributed by atoms with Crippen LogP contribution >= 0.6 is 0 Å².